The van der Waals surface area contributed by atoms with Crippen LogP contribution in [0.4, 0.5) is 5.13 Å². The first-order valence-electron chi connectivity index (χ1n) is 3.55. The van der Waals surface area contributed by atoms with E-state index < -0.39 is 5.60 Å². The van der Waals surface area contributed by atoms with E-state index >= 15 is 0 Å². The number of rotatable bonds is 3. The van der Waals surface area contributed by atoms with Crippen molar-refractivity contribution in [2.45, 2.75) is 19.4 Å². The van der Waals surface area contributed by atoms with Crippen LogP contribution in [0.5, 0.6) is 0 Å². The van der Waals surface area contributed by atoms with Gasteiger partial charge in [-0.15, -0.1) is 0 Å². The van der Waals surface area contributed by atoms with Gasteiger partial charge in [0.1, 0.15) is 4.34 Å². The second kappa shape index (κ2) is 3.60. The zero-order valence-corrected chi connectivity index (χ0v) is 8.54. The van der Waals surface area contributed by atoms with Gasteiger partial charge in [0.2, 0.25) is 0 Å². The van der Waals surface area contributed by atoms with Crippen molar-refractivity contribution >= 4 is 28.1 Å². The van der Waals surface area contributed by atoms with E-state index in [4.69, 9.17) is 11.6 Å². The quantitative estimate of drug-likeness (QED) is 0.795. The summed E-state index contributed by atoms with van der Waals surface area (Å²) < 4.78 is 0.647. The third kappa shape index (κ3) is 3.38. The topological polar surface area (TPSA) is 45.1 Å². The first-order valence-corrected chi connectivity index (χ1v) is 4.74. The summed E-state index contributed by atoms with van der Waals surface area (Å²) in [6, 6.07) is 0. The molecule has 68 valence electrons. The largest absolute Gasteiger partial charge is 0.389 e. The number of halogens is 1. The molecule has 0 saturated carbocycles. The van der Waals surface area contributed by atoms with Crippen LogP contribution in [0.25, 0.3) is 0 Å². The number of thiazole rings is 1. The minimum Gasteiger partial charge on any atom is -0.389 e. The summed E-state index contributed by atoms with van der Waals surface area (Å²) in [5.41, 5.74) is -0.724. The molecule has 2 N–H and O–H groups in total. The molecule has 0 bridgehead atoms. The van der Waals surface area contributed by atoms with Crippen molar-refractivity contribution in [3.8, 4) is 0 Å². The fourth-order valence-corrected chi connectivity index (χ4v) is 1.44. The second-order valence-electron chi connectivity index (χ2n) is 3.14. The molecule has 0 aromatic carbocycles. The highest BCUT2D eigenvalue weighted by Gasteiger charge is 2.12. The van der Waals surface area contributed by atoms with Crippen molar-refractivity contribution < 1.29 is 5.11 Å². The maximum absolute atomic E-state index is 9.37. The first-order chi connectivity index (χ1) is 5.47. The molecule has 0 fully saturated rings. The van der Waals surface area contributed by atoms with Crippen molar-refractivity contribution in [3.63, 3.8) is 0 Å². The monoisotopic (exact) mass is 206 g/mol. The van der Waals surface area contributed by atoms with Crippen molar-refractivity contribution in [3.05, 3.63) is 10.5 Å². The van der Waals surface area contributed by atoms with Gasteiger partial charge in [0.15, 0.2) is 5.13 Å². The van der Waals surface area contributed by atoms with Gasteiger partial charge in [-0.2, -0.15) is 0 Å². The van der Waals surface area contributed by atoms with E-state index in [9.17, 15) is 5.11 Å². The average molecular weight is 207 g/mol. The molecule has 3 nitrogen and oxygen atoms in total. The first kappa shape index (κ1) is 9.77. The Labute approximate surface area is 80.4 Å². The second-order valence-corrected chi connectivity index (χ2v) is 4.80. The van der Waals surface area contributed by atoms with Crippen LogP contribution >= 0.6 is 22.9 Å². The van der Waals surface area contributed by atoms with Gasteiger partial charge in [-0.3, -0.25) is 0 Å². The third-order valence-electron chi connectivity index (χ3n) is 1.15. The van der Waals surface area contributed by atoms with Crippen LogP contribution in [0, 0.1) is 0 Å². The van der Waals surface area contributed by atoms with Crippen molar-refractivity contribution in [2.24, 2.45) is 0 Å². The SMILES string of the molecule is CC(C)(O)CNc1ncc(Cl)s1. The molecule has 1 rings (SSSR count). The van der Waals surface area contributed by atoms with Crippen LogP contribution in [0.1, 0.15) is 13.8 Å². The molecule has 0 aliphatic heterocycles. The zero-order chi connectivity index (χ0) is 9.19. The summed E-state index contributed by atoms with van der Waals surface area (Å²) in [7, 11) is 0. The van der Waals surface area contributed by atoms with Gasteiger partial charge in [0.25, 0.3) is 0 Å². The fraction of sp³-hybridized carbons (Fsp3) is 0.571. The number of anilines is 1. The molecule has 0 atom stereocenters. The number of hydrogen-bond acceptors (Lipinski definition) is 4. The average Bonchev–Trinajstić information content (AvgIpc) is 2.30. The summed E-state index contributed by atoms with van der Waals surface area (Å²) in [4.78, 5) is 3.98. The molecule has 0 aliphatic carbocycles. The summed E-state index contributed by atoms with van der Waals surface area (Å²) in [6.07, 6.45) is 1.58. The van der Waals surface area contributed by atoms with Gasteiger partial charge in [0, 0.05) is 6.54 Å². The summed E-state index contributed by atoms with van der Waals surface area (Å²) in [6.45, 7) is 3.93. The maximum atomic E-state index is 9.37. The standard InChI is InChI=1S/C7H11ClN2OS/c1-7(2,11)4-10-6-9-3-5(8)12-6/h3,11H,4H2,1-2H3,(H,9,10). The van der Waals surface area contributed by atoms with Crippen LogP contribution in [0.3, 0.4) is 0 Å². The normalized spacial score (nSPS) is 11.7. The Kier molecular flexibility index (Phi) is 2.93. The Morgan fingerprint density at radius 2 is 2.42 bits per heavy atom. The predicted molar refractivity (Wildman–Crippen MR) is 51.9 cm³/mol. The van der Waals surface area contributed by atoms with E-state index in [-0.39, 0.29) is 0 Å². The summed E-state index contributed by atoms with van der Waals surface area (Å²) in [5.74, 6) is 0. The molecule has 0 spiro atoms. The molecule has 0 aliphatic rings. The third-order valence-corrected chi connectivity index (χ3v) is 2.22. The van der Waals surface area contributed by atoms with Crippen LogP contribution < -0.4 is 5.32 Å². The molecule has 0 radical (unpaired) electrons. The molecule has 0 unspecified atom stereocenters. The molecule has 0 saturated heterocycles. The van der Waals surface area contributed by atoms with Crippen LogP contribution in [-0.2, 0) is 0 Å². The van der Waals surface area contributed by atoms with Gasteiger partial charge in [0.05, 0.1) is 11.8 Å². The molecule has 12 heavy (non-hydrogen) atoms. The summed E-state index contributed by atoms with van der Waals surface area (Å²) in [5, 5.41) is 13.1. The highest BCUT2D eigenvalue weighted by atomic mass is 35.5. The Morgan fingerprint density at radius 3 is 2.83 bits per heavy atom. The lowest BCUT2D eigenvalue weighted by Gasteiger charge is -2.16. The number of aromatic nitrogens is 1. The minimum atomic E-state index is -0.724. The zero-order valence-electron chi connectivity index (χ0n) is 6.97. The molecule has 1 aromatic heterocycles. The predicted octanol–water partition coefficient (Wildman–Crippen LogP) is 1.98. The minimum absolute atomic E-state index is 0.469. The number of hydrogen-bond donors (Lipinski definition) is 2. The van der Waals surface area contributed by atoms with Crippen molar-refractivity contribution in [1.29, 1.82) is 0 Å². The lowest BCUT2D eigenvalue weighted by atomic mass is 10.1. The molecule has 1 aromatic rings. The van der Waals surface area contributed by atoms with Gasteiger partial charge >= 0.3 is 0 Å². The van der Waals surface area contributed by atoms with E-state index in [1.165, 1.54) is 11.3 Å². The Bertz CT molecular complexity index is 256. The lowest BCUT2D eigenvalue weighted by Crippen LogP contribution is -2.29. The smallest absolute Gasteiger partial charge is 0.184 e. The van der Waals surface area contributed by atoms with Gasteiger partial charge < -0.3 is 10.4 Å². The van der Waals surface area contributed by atoms with Crippen molar-refractivity contribution in [2.75, 3.05) is 11.9 Å². The van der Waals surface area contributed by atoms with Crippen LogP contribution in [0.2, 0.25) is 4.34 Å². The molecule has 5 heteroatoms. The number of nitrogens with zero attached hydrogens (tertiary/aromatic N) is 1. The van der Waals surface area contributed by atoms with Gasteiger partial charge in [-0.1, -0.05) is 22.9 Å². The maximum Gasteiger partial charge on any atom is 0.184 e. The lowest BCUT2D eigenvalue weighted by molar-refractivity contribution is 0.0945. The van der Waals surface area contributed by atoms with E-state index in [2.05, 4.69) is 10.3 Å². The number of aliphatic hydroxyl groups is 1. The Morgan fingerprint density at radius 1 is 1.75 bits per heavy atom. The van der Waals surface area contributed by atoms with Crippen LogP contribution in [-0.4, -0.2) is 22.2 Å². The Balaban J connectivity index is 2.44. The van der Waals surface area contributed by atoms with E-state index in [1.54, 1.807) is 20.0 Å². The van der Waals surface area contributed by atoms with Crippen molar-refractivity contribution in [1.82, 2.24) is 4.98 Å². The molecular weight excluding hydrogens is 196 g/mol. The highest BCUT2D eigenvalue weighted by molar-refractivity contribution is 7.19. The highest BCUT2D eigenvalue weighted by Crippen LogP contribution is 2.22. The van der Waals surface area contributed by atoms with Gasteiger partial charge in [-0.25, -0.2) is 4.98 Å². The molecule has 0 amide bonds. The van der Waals surface area contributed by atoms with E-state index in [1.807, 2.05) is 0 Å². The van der Waals surface area contributed by atoms with E-state index in [0.29, 0.717) is 10.9 Å². The van der Waals surface area contributed by atoms with Gasteiger partial charge in [-0.05, 0) is 13.8 Å². The fourth-order valence-electron chi connectivity index (χ4n) is 0.628. The molecular formula is C7H11ClN2OS. The molecule has 1 heterocycles. The number of nitrogens with one attached hydrogen (secondary N) is 1. The van der Waals surface area contributed by atoms with Crippen LogP contribution in [0.15, 0.2) is 6.20 Å². The van der Waals surface area contributed by atoms with E-state index in [0.717, 1.165) is 5.13 Å². The summed E-state index contributed by atoms with van der Waals surface area (Å²) >= 11 is 7.02. The Hall–Kier alpha value is -0.320.